The molecule has 1 aromatic heterocycles. The first-order valence-corrected chi connectivity index (χ1v) is 7.22. The van der Waals surface area contributed by atoms with Crippen molar-refractivity contribution in [3.8, 4) is 6.07 Å². The molecule has 1 aliphatic heterocycles. The number of hydrogen-bond donors (Lipinski definition) is 1. The zero-order valence-corrected chi connectivity index (χ0v) is 12.7. The highest BCUT2D eigenvalue weighted by Gasteiger charge is 2.39. The van der Waals surface area contributed by atoms with Crippen LogP contribution in [0.2, 0.25) is 5.02 Å². The van der Waals surface area contributed by atoms with Crippen LogP contribution in [-0.2, 0) is 0 Å². The number of nitriles is 1. The molecule has 108 valence electrons. The van der Waals surface area contributed by atoms with Gasteiger partial charge < -0.3 is 10.0 Å². The maximum Gasteiger partial charge on any atom is 0.103 e. The molecule has 0 aliphatic carbocycles. The van der Waals surface area contributed by atoms with Gasteiger partial charge in [-0.25, -0.2) is 0 Å². The van der Waals surface area contributed by atoms with Gasteiger partial charge in [-0.1, -0.05) is 37.6 Å². The maximum absolute atomic E-state index is 10.2. The number of hydrogen-bond acceptors (Lipinski definition) is 4. The van der Waals surface area contributed by atoms with Crippen LogP contribution in [0, 0.1) is 16.7 Å². The number of aliphatic hydroxyl groups is 1. The third-order valence-corrected chi connectivity index (χ3v) is 4.46. The van der Waals surface area contributed by atoms with Crippen molar-refractivity contribution in [2.45, 2.75) is 20.0 Å². The molecule has 1 unspecified atom stereocenters. The quantitative estimate of drug-likeness (QED) is 0.879. The predicted octanol–water partition coefficient (Wildman–Crippen LogP) is 2.97. The Kier molecular flexibility index (Phi) is 3.27. The van der Waals surface area contributed by atoms with Crippen molar-refractivity contribution in [2.24, 2.45) is 5.41 Å². The minimum atomic E-state index is -0.425. The third kappa shape index (κ3) is 2.23. The Morgan fingerprint density at radius 2 is 2.24 bits per heavy atom. The smallest absolute Gasteiger partial charge is 0.103 e. The van der Waals surface area contributed by atoms with Gasteiger partial charge in [-0.05, 0) is 6.07 Å². The van der Waals surface area contributed by atoms with E-state index in [0.717, 1.165) is 11.1 Å². The van der Waals surface area contributed by atoms with Crippen molar-refractivity contribution < 1.29 is 5.11 Å². The van der Waals surface area contributed by atoms with E-state index in [9.17, 15) is 10.4 Å². The Bertz CT molecular complexity index is 751. The number of pyridine rings is 1. The monoisotopic (exact) mass is 301 g/mol. The topological polar surface area (TPSA) is 60.2 Å². The predicted molar refractivity (Wildman–Crippen MR) is 83.5 cm³/mol. The molecule has 2 heterocycles. The second kappa shape index (κ2) is 4.87. The Morgan fingerprint density at radius 3 is 2.86 bits per heavy atom. The molecule has 1 aliphatic rings. The van der Waals surface area contributed by atoms with Crippen LogP contribution in [0.4, 0.5) is 5.69 Å². The molecule has 0 radical (unpaired) electrons. The largest absolute Gasteiger partial charge is 0.391 e. The van der Waals surface area contributed by atoms with Crippen molar-refractivity contribution in [2.75, 3.05) is 18.0 Å². The minimum absolute atomic E-state index is 0.207. The van der Waals surface area contributed by atoms with Gasteiger partial charge in [-0.2, -0.15) is 5.26 Å². The molecular weight excluding hydrogens is 286 g/mol. The van der Waals surface area contributed by atoms with Gasteiger partial charge >= 0.3 is 0 Å². The lowest BCUT2D eigenvalue weighted by atomic mass is 9.90. The fourth-order valence-corrected chi connectivity index (χ4v) is 3.11. The number of aliphatic hydroxyl groups excluding tert-OH is 1. The molecule has 5 heteroatoms. The van der Waals surface area contributed by atoms with E-state index in [1.807, 2.05) is 26.0 Å². The summed E-state index contributed by atoms with van der Waals surface area (Å²) in [5.74, 6) is 0. The van der Waals surface area contributed by atoms with Gasteiger partial charge in [0.05, 0.1) is 27.9 Å². The Hall–Kier alpha value is -1.83. The van der Waals surface area contributed by atoms with Crippen LogP contribution >= 0.6 is 11.6 Å². The summed E-state index contributed by atoms with van der Waals surface area (Å²) in [5.41, 5.74) is 1.80. The molecule has 0 bridgehead atoms. The number of fused-ring (bicyclic) bond motifs is 1. The molecule has 1 fully saturated rings. The molecule has 1 aromatic carbocycles. The van der Waals surface area contributed by atoms with E-state index >= 15 is 0 Å². The molecule has 1 atom stereocenters. The summed E-state index contributed by atoms with van der Waals surface area (Å²) in [5, 5.41) is 21.0. The first-order valence-electron chi connectivity index (χ1n) is 6.84. The van der Waals surface area contributed by atoms with E-state index in [-0.39, 0.29) is 5.41 Å². The lowest BCUT2D eigenvalue weighted by molar-refractivity contribution is 0.0964. The second-order valence-corrected chi connectivity index (χ2v) is 6.56. The standard InChI is InChI=1S/C16H16ClN3O/c1-16(2)9-20(8-13(16)21)15-10(6-18)7-19-14-11(15)4-3-5-12(14)17/h3-5,7,13,21H,8-9H2,1-2H3. The van der Waals surface area contributed by atoms with Crippen LogP contribution in [-0.4, -0.2) is 29.3 Å². The maximum atomic E-state index is 10.2. The first kappa shape index (κ1) is 14.1. The van der Waals surface area contributed by atoms with Gasteiger partial charge in [-0.15, -0.1) is 0 Å². The van der Waals surface area contributed by atoms with E-state index in [4.69, 9.17) is 11.6 Å². The van der Waals surface area contributed by atoms with Gasteiger partial charge in [0.1, 0.15) is 6.07 Å². The number of anilines is 1. The van der Waals surface area contributed by atoms with Gasteiger partial charge in [-0.3, -0.25) is 4.98 Å². The normalized spacial score (nSPS) is 20.7. The molecular formula is C16H16ClN3O. The third-order valence-electron chi connectivity index (χ3n) is 4.15. The number of nitrogens with zero attached hydrogens (tertiary/aromatic N) is 3. The average Bonchev–Trinajstić information content (AvgIpc) is 2.71. The Morgan fingerprint density at radius 1 is 1.48 bits per heavy atom. The number of β-amino-alcohol motifs (C(OH)–C–C–N with tert-alkyl or cyclic N) is 1. The number of benzene rings is 1. The molecule has 2 aromatic rings. The summed E-state index contributed by atoms with van der Waals surface area (Å²) >= 11 is 6.20. The van der Waals surface area contributed by atoms with Crippen LogP contribution in [0.3, 0.4) is 0 Å². The van der Waals surface area contributed by atoms with Crippen molar-refractivity contribution in [3.63, 3.8) is 0 Å². The Balaban J connectivity index is 2.22. The molecule has 1 N–H and O–H groups in total. The number of halogens is 1. The van der Waals surface area contributed by atoms with E-state index in [1.165, 1.54) is 0 Å². The van der Waals surface area contributed by atoms with Gasteiger partial charge in [0.25, 0.3) is 0 Å². The fraction of sp³-hybridized carbons (Fsp3) is 0.375. The summed E-state index contributed by atoms with van der Waals surface area (Å²) in [6.07, 6.45) is 1.13. The molecule has 3 rings (SSSR count). The van der Waals surface area contributed by atoms with Crippen molar-refractivity contribution in [1.82, 2.24) is 4.98 Å². The summed E-state index contributed by atoms with van der Waals surface area (Å²) in [4.78, 5) is 6.35. The fourth-order valence-electron chi connectivity index (χ4n) is 2.88. The first-order chi connectivity index (χ1) is 9.94. The zero-order chi connectivity index (χ0) is 15.2. The summed E-state index contributed by atoms with van der Waals surface area (Å²) in [6, 6.07) is 7.76. The zero-order valence-electron chi connectivity index (χ0n) is 12.0. The number of rotatable bonds is 1. The van der Waals surface area contributed by atoms with Crippen LogP contribution in [0.25, 0.3) is 10.9 Å². The highest BCUT2D eigenvalue weighted by atomic mass is 35.5. The van der Waals surface area contributed by atoms with E-state index in [2.05, 4.69) is 16.0 Å². The summed E-state index contributed by atoms with van der Waals surface area (Å²) in [6.45, 7) is 5.25. The van der Waals surface area contributed by atoms with Crippen molar-refractivity contribution >= 4 is 28.2 Å². The van der Waals surface area contributed by atoms with E-state index in [1.54, 1.807) is 12.3 Å². The molecule has 0 saturated carbocycles. The highest BCUT2D eigenvalue weighted by molar-refractivity contribution is 6.35. The SMILES string of the molecule is CC1(C)CN(c2c(C#N)cnc3c(Cl)cccc23)CC1O. The van der Waals surface area contributed by atoms with Gasteiger partial charge in [0.2, 0.25) is 0 Å². The lowest BCUT2D eigenvalue weighted by Crippen LogP contribution is -2.26. The number of aromatic nitrogens is 1. The Labute approximate surface area is 128 Å². The number of para-hydroxylation sites is 1. The van der Waals surface area contributed by atoms with Crippen molar-refractivity contribution in [1.29, 1.82) is 5.26 Å². The molecule has 21 heavy (non-hydrogen) atoms. The molecule has 0 amide bonds. The van der Waals surface area contributed by atoms with Crippen LogP contribution in [0.1, 0.15) is 19.4 Å². The molecule has 4 nitrogen and oxygen atoms in total. The summed E-state index contributed by atoms with van der Waals surface area (Å²) in [7, 11) is 0. The molecule has 1 saturated heterocycles. The van der Waals surface area contributed by atoms with E-state index in [0.29, 0.717) is 29.2 Å². The van der Waals surface area contributed by atoms with Crippen LogP contribution in [0.5, 0.6) is 0 Å². The van der Waals surface area contributed by atoms with Gasteiger partial charge in [0, 0.05) is 30.1 Å². The van der Waals surface area contributed by atoms with Crippen molar-refractivity contribution in [3.05, 3.63) is 35.0 Å². The van der Waals surface area contributed by atoms with Crippen LogP contribution in [0.15, 0.2) is 24.4 Å². The molecule has 0 spiro atoms. The lowest BCUT2D eigenvalue weighted by Gasteiger charge is -2.23. The van der Waals surface area contributed by atoms with Crippen LogP contribution < -0.4 is 4.90 Å². The van der Waals surface area contributed by atoms with Gasteiger partial charge in [0.15, 0.2) is 0 Å². The minimum Gasteiger partial charge on any atom is -0.391 e. The van der Waals surface area contributed by atoms with E-state index < -0.39 is 6.10 Å². The highest BCUT2D eigenvalue weighted by Crippen LogP contribution is 2.38. The summed E-state index contributed by atoms with van der Waals surface area (Å²) < 4.78 is 0. The average molecular weight is 302 g/mol. The second-order valence-electron chi connectivity index (χ2n) is 6.15.